The second-order valence-corrected chi connectivity index (χ2v) is 6.01. The molecule has 0 spiro atoms. The Labute approximate surface area is 132 Å². The van der Waals surface area contributed by atoms with Crippen molar-refractivity contribution in [2.45, 2.75) is 4.90 Å². The van der Waals surface area contributed by atoms with Crippen LogP contribution in [0, 0.1) is 0 Å². The fraction of sp³-hybridized carbons (Fsp3) is 0.0588. The Morgan fingerprint density at radius 1 is 1.10 bits per heavy atom. The molecule has 0 unspecified atom stereocenters. The number of halogens is 1. The summed E-state index contributed by atoms with van der Waals surface area (Å²) in [5.41, 5.74) is 1.58. The number of benzene rings is 2. The summed E-state index contributed by atoms with van der Waals surface area (Å²) in [6.45, 7) is 0. The van der Waals surface area contributed by atoms with E-state index in [0.717, 1.165) is 15.8 Å². The predicted octanol–water partition coefficient (Wildman–Crippen LogP) is 4.86. The van der Waals surface area contributed by atoms with E-state index in [1.54, 1.807) is 30.5 Å². The average molecular weight is 314 g/mol. The largest absolute Gasteiger partial charge is 0.293 e. The Hall–Kier alpha value is -1.84. The van der Waals surface area contributed by atoms with E-state index in [2.05, 4.69) is 4.98 Å². The van der Waals surface area contributed by atoms with Gasteiger partial charge in [0, 0.05) is 27.1 Å². The number of hydrogen-bond acceptors (Lipinski definition) is 3. The first-order valence-electron chi connectivity index (χ1n) is 6.49. The number of thioether (sulfide) groups is 1. The van der Waals surface area contributed by atoms with Crippen LogP contribution in [-0.4, -0.2) is 16.5 Å². The van der Waals surface area contributed by atoms with Crippen molar-refractivity contribution in [1.82, 2.24) is 4.98 Å². The number of para-hydroxylation sites is 1. The molecule has 104 valence electrons. The van der Waals surface area contributed by atoms with Gasteiger partial charge in [0.25, 0.3) is 0 Å². The molecule has 0 radical (unpaired) electrons. The zero-order valence-electron chi connectivity index (χ0n) is 11.1. The molecule has 0 atom stereocenters. The second-order valence-electron chi connectivity index (χ2n) is 4.55. The van der Waals surface area contributed by atoms with Gasteiger partial charge in [0.1, 0.15) is 0 Å². The molecule has 0 fully saturated rings. The van der Waals surface area contributed by atoms with Crippen LogP contribution >= 0.6 is 23.4 Å². The Morgan fingerprint density at radius 2 is 1.90 bits per heavy atom. The van der Waals surface area contributed by atoms with Gasteiger partial charge in [0.2, 0.25) is 0 Å². The van der Waals surface area contributed by atoms with Crippen LogP contribution in [0.1, 0.15) is 10.4 Å². The normalized spacial score (nSPS) is 10.7. The Morgan fingerprint density at radius 3 is 2.76 bits per heavy atom. The van der Waals surface area contributed by atoms with Gasteiger partial charge in [-0.2, -0.15) is 0 Å². The number of Topliss-reactive ketones (excluding diaryl/α,β-unsaturated/α-hetero) is 1. The third kappa shape index (κ3) is 3.26. The molecule has 1 heterocycles. The first-order valence-corrected chi connectivity index (χ1v) is 7.86. The van der Waals surface area contributed by atoms with Crippen molar-refractivity contribution in [1.29, 1.82) is 0 Å². The number of fused-ring (bicyclic) bond motifs is 1. The van der Waals surface area contributed by atoms with E-state index >= 15 is 0 Å². The highest BCUT2D eigenvalue weighted by atomic mass is 35.5. The Balaban J connectivity index is 1.79. The summed E-state index contributed by atoms with van der Waals surface area (Å²) in [5, 5.41) is 1.66. The third-order valence-corrected chi connectivity index (χ3v) is 4.38. The number of nitrogens with zero attached hydrogens (tertiary/aromatic N) is 1. The maximum absolute atomic E-state index is 12.2. The SMILES string of the molecule is O=C(CSc1cccc2cccnc12)c1cccc(Cl)c1. The summed E-state index contributed by atoms with van der Waals surface area (Å²) < 4.78 is 0. The lowest BCUT2D eigenvalue weighted by molar-refractivity contribution is 0.102. The van der Waals surface area contributed by atoms with Gasteiger partial charge in [-0.25, -0.2) is 0 Å². The topological polar surface area (TPSA) is 30.0 Å². The minimum absolute atomic E-state index is 0.0652. The standard InChI is InChI=1S/C17H12ClNOS/c18-14-7-1-5-13(10-14)15(20)11-21-16-8-2-4-12-6-3-9-19-17(12)16/h1-10H,11H2. The van der Waals surface area contributed by atoms with Crippen molar-refractivity contribution in [2.24, 2.45) is 0 Å². The minimum atomic E-state index is 0.0652. The number of carbonyl (C=O) groups is 1. The number of pyridine rings is 1. The summed E-state index contributed by atoms with van der Waals surface area (Å²) in [4.78, 5) is 17.6. The highest BCUT2D eigenvalue weighted by molar-refractivity contribution is 8.00. The smallest absolute Gasteiger partial charge is 0.173 e. The summed E-state index contributed by atoms with van der Waals surface area (Å²) >= 11 is 7.42. The fourth-order valence-corrected chi connectivity index (χ4v) is 3.21. The lowest BCUT2D eigenvalue weighted by Crippen LogP contribution is -2.02. The second kappa shape index (κ2) is 6.29. The molecule has 0 bridgehead atoms. The maximum Gasteiger partial charge on any atom is 0.173 e. The van der Waals surface area contributed by atoms with E-state index in [1.165, 1.54) is 11.8 Å². The third-order valence-electron chi connectivity index (χ3n) is 3.10. The van der Waals surface area contributed by atoms with E-state index in [0.29, 0.717) is 16.3 Å². The molecule has 0 amide bonds. The number of hydrogen-bond donors (Lipinski definition) is 0. The van der Waals surface area contributed by atoms with Gasteiger partial charge in [-0.15, -0.1) is 11.8 Å². The van der Waals surface area contributed by atoms with Crippen LogP contribution in [0.2, 0.25) is 5.02 Å². The van der Waals surface area contributed by atoms with E-state index in [-0.39, 0.29) is 5.78 Å². The lowest BCUT2D eigenvalue weighted by Gasteiger charge is -2.05. The van der Waals surface area contributed by atoms with E-state index in [1.807, 2.05) is 30.3 Å². The molecular formula is C17H12ClNOS. The molecule has 0 N–H and O–H groups in total. The zero-order valence-corrected chi connectivity index (χ0v) is 12.7. The van der Waals surface area contributed by atoms with Crippen LogP contribution in [0.5, 0.6) is 0 Å². The average Bonchev–Trinajstić information content (AvgIpc) is 2.52. The van der Waals surface area contributed by atoms with Gasteiger partial charge in [0.05, 0.1) is 11.3 Å². The van der Waals surface area contributed by atoms with Gasteiger partial charge in [-0.1, -0.05) is 41.9 Å². The fourth-order valence-electron chi connectivity index (χ4n) is 2.08. The van der Waals surface area contributed by atoms with Gasteiger partial charge in [0.15, 0.2) is 5.78 Å². The number of rotatable bonds is 4. The van der Waals surface area contributed by atoms with Gasteiger partial charge < -0.3 is 0 Å². The first kappa shape index (κ1) is 14.1. The molecular weight excluding hydrogens is 302 g/mol. The lowest BCUT2D eigenvalue weighted by atomic mass is 10.1. The molecule has 3 rings (SSSR count). The van der Waals surface area contributed by atoms with Crippen molar-refractivity contribution < 1.29 is 4.79 Å². The summed E-state index contributed by atoms with van der Waals surface area (Å²) in [5.74, 6) is 0.436. The molecule has 0 aliphatic carbocycles. The van der Waals surface area contributed by atoms with Crippen LogP contribution in [0.3, 0.4) is 0 Å². The number of aromatic nitrogens is 1. The van der Waals surface area contributed by atoms with E-state index in [4.69, 9.17) is 11.6 Å². The first-order chi connectivity index (χ1) is 10.2. The highest BCUT2D eigenvalue weighted by Gasteiger charge is 2.09. The van der Waals surface area contributed by atoms with Gasteiger partial charge in [-0.05, 0) is 24.3 Å². The summed E-state index contributed by atoms with van der Waals surface area (Å²) in [7, 11) is 0. The van der Waals surface area contributed by atoms with Crippen LogP contribution in [0.4, 0.5) is 0 Å². The van der Waals surface area contributed by atoms with Crippen molar-refractivity contribution in [3.05, 3.63) is 71.4 Å². The molecule has 0 saturated carbocycles. The molecule has 21 heavy (non-hydrogen) atoms. The van der Waals surface area contributed by atoms with Crippen molar-refractivity contribution in [3.8, 4) is 0 Å². The van der Waals surface area contributed by atoms with Crippen molar-refractivity contribution in [3.63, 3.8) is 0 Å². The Bertz CT molecular complexity index is 798. The van der Waals surface area contributed by atoms with E-state index < -0.39 is 0 Å². The minimum Gasteiger partial charge on any atom is -0.293 e. The van der Waals surface area contributed by atoms with Crippen LogP contribution in [0.25, 0.3) is 10.9 Å². The Kier molecular flexibility index (Phi) is 4.23. The van der Waals surface area contributed by atoms with Crippen molar-refractivity contribution >= 4 is 40.0 Å². The zero-order chi connectivity index (χ0) is 14.7. The van der Waals surface area contributed by atoms with Gasteiger partial charge >= 0.3 is 0 Å². The predicted molar refractivity (Wildman–Crippen MR) is 88.2 cm³/mol. The molecule has 1 aromatic heterocycles. The monoisotopic (exact) mass is 313 g/mol. The van der Waals surface area contributed by atoms with Gasteiger partial charge in [-0.3, -0.25) is 9.78 Å². The summed E-state index contributed by atoms with van der Waals surface area (Å²) in [6.07, 6.45) is 1.77. The molecule has 2 nitrogen and oxygen atoms in total. The molecule has 0 aliphatic rings. The van der Waals surface area contributed by atoms with Crippen LogP contribution < -0.4 is 0 Å². The number of carbonyl (C=O) groups excluding carboxylic acids is 1. The molecule has 0 aliphatic heterocycles. The quantitative estimate of drug-likeness (QED) is 0.509. The van der Waals surface area contributed by atoms with Crippen molar-refractivity contribution in [2.75, 3.05) is 5.75 Å². The molecule has 3 aromatic rings. The molecule has 2 aromatic carbocycles. The highest BCUT2D eigenvalue weighted by Crippen LogP contribution is 2.26. The van der Waals surface area contributed by atoms with Crippen LogP contribution in [0.15, 0.2) is 65.7 Å². The molecule has 0 saturated heterocycles. The maximum atomic E-state index is 12.2. The van der Waals surface area contributed by atoms with Crippen LogP contribution in [-0.2, 0) is 0 Å². The van der Waals surface area contributed by atoms with E-state index in [9.17, 15) is 4.79 Å². The molecule has 4 heteroatoms. The number of ketones is 1. The summed E-state index contributed by atoms with van der Waals surface area (Å²) in [6, 6.07) is 17.0.